The van der Waals surface area contributed by atoms with E-state index in [1.807, 2.05) is 0 Å². The average molecular weight is 305 g/mol. The van der Waals surface area contributed by atoms with E-state index in [-0.39, 0.29) is 16.8 Å². The van der Waals surface area contributed by atoms with Crippen molar-refractivity contribution < 1.29 is 13.5 Å². The molecule has 0 radical (unpaired) electrons. The Morgan fingerprint density at radius 3 is 2.90 bits per heavy atom. The zero-order valence-corrected chi connectivity index (χ0v) is 12.1. The lowest BCUT2D eigenvalue weighted by molar-refractivity contribution is -0.0497. The van der Waals surface area contributed by atoms with Gasteiger partial charge in [0.25, 0.3) is 0 Å². The molecule has 0 saturated carbocycles. The molecule has 3 nitrogen and oxygen atoms in total. The lowest BCUT2D eigenvalue weighted by atomic mass is 10.1. The van der Waals surface area contributed by atoms with Crippen molar-refractivity contribution in [3.63, 3.8) is 0 Å². The monoisotopic (exact) mass is 304 g/mol. The highest BCUT2D eigenvalue weighted by atomic mass is 35.5. The number of halogens is 3. The number of nitrogens with one attached hydrogen (secondary N) is 2. The van der Waals surface area contributed by atoms with Crippen LogP contribution in [-0.4, -0.2) is 25.2 Å². The molecular formula is C14H19ClF2N2O. The van der Waals surface area contributed by atoms with Crippen LogP contribution in [0.3, 0.4) is 0 Å². The maximum Gasteiger partial charge on any atom is 0.387 e. The summed E-state index contributed by atoms with van der Waals surface area (Å²) in [5.41, 5.74) is 0.808. The summed E-state index contributed by atoms with van der Waals surface area (Å²) < 4.78 is 28.6. The lowest BCUT2D eigenvalue weighted by Crippen LogP contribution is -2.29. The van der Waals surface area contributed by atoms with Crippen LogP contribution in [0.5, 0.6) is 5.75 Å². The molecule has 2 unspecified atom stereocenters. The Morgan fingerprint density at radius 2 is 2.30 bits per heavy atom. The van der Waals surface area contributed by atoms with Crippen molar-refractivity contribution in [3.8, 4) is 5.75 Å². The summed E-state index contributed by atoms with van der Waals surface area (Å²) in [6.45, 7) is 0.319. The van der Waals surface area contributed by atoms with E-state index >= 15 is 0 Å². The van der Waals surface area contributed by atoms with Crippen molar-refractivity contribution in [2.24, 2.45) is 0 Å². The van der Waals surface area contributed by atoms with Crippen LogP contribution >= 0.6 is 11.6 Å². The molecule has 0 spiro atoms. The van der Waals surface area contributed by atoms with E-state index in [0.717, 1.165) is 18.7 Å². The van der Waals surface area contributed by atoms with Gasteiger partial charge in [-0.05, 0) is 50.9 Å². The van der Waals surface area contributed by atoms with E-state index in [1.54, 1.807) is 12.1 Å². The fourth-order valence-corrected chi connectivity index (χ4v) is 2.74. The molecule has 1 saturated heterocycles. The molecule has 112 valence electrons. The predicted molar refractivity (Wildman–Crippen MR) is 76.8 cm³/mol. The third-order valence-electron chi connectivity index (χ3n) is 3.36. The first kappa shape index (κ1) is 15.3. The summed E-state index contributed by atoms with van der Waals surface area (Å²) >= 11 is 5.92. The van der Waals surface area contributed by atoms with E-state index in [9.17, 15) is 8.78 Å². The van der Waals surface area contributed by atoms with Gasteiger partial charge in [-0.25, -0.2) is 0 Å². The molecule has 6 heteroatoms. The average Bonchev–Trinajstić information content (AvgIpc) is 2.85. The van der Waals surface area contributed by atoms with E-state index < -0.39 is 6.61 Å². The molecule has 2 N–H and O–H groups in total. The second kappa shape index (κ2) is 7.09. The minimum absolute atomic E-state index is 0.00247. The third-order valence-corrected chi connectivity index (χ3v) is 3.66. The highest BCUT2D eigenvalue weighted by Crippen LogP contribution is 2.29. The van der Waals surface area contributed by atoms with Crippen LogP contribution in [0.15, 0.2) is 18.2 Å². The van der Waals surface area contributed by atoms with E-state index in [0.29, 0.717) is 6.04 Å². The number of alkyl halides is 2. The van der Waals surface area contributed by atoms with Crippen LogP contribution in [0.2, 0.25) is 5.02 Å². The first-order valence-corrected chi connectivity index (χ1v) is 7.16. The van der Waals surface area contributed by atoms with E-state index in [2.05, 4.69) is 22.3 Å². The van der Waals surface area contributed by atoms with Crippen LogP contribution in [0.25, 0.3) is 0 Å². The van der Waals surface area contributed by atoms with Crippen LogP contribution < -0.4 is 15.4 Å². The van der Waals surface area contributed by atoms with Gasteiger partial charge in [0.1, 0.15) is 5.75 Å². The Hall–Kier alpha value is -1.07. The molecular weight excluding hydrogens is 286 g/mol. The Morgan fingerprint density at radius 1 is 1.50 bits per heavy atom. The topological polar surface area (TPSA) is 33.3 Å². The van der Waals surface area contributed by atoms with Gasteiger partial charge in [0.05, 0.1) is 5.02 Å². The molecule has 1 aliphatic heterocycles. The fourth-order valence-electron chi connectivity index (χ4n) is 2.51. The van der Waals surface area contributed by atoms with Gasteiger partial charge in [-0.15, -0.1) is 0 Å². The van der Waals surface area contributed by atoms with Crippen molar-refractivity contribution >= 4 is 17.3 Å². The summed E-state index contributed by atoms with van der Waals surface area (Å²) in [7, 11) is 0. The van der Waals surface area contributed by atoms with Gasteiger partial charge in [-0.1, -0.05) is 11.6 Å². The maximum atomic E-state index is 12.1. The van der Waals surface area contributed by atoms with Gasteiger partial charge in [0, 0.05) is 17.8 Å². The molecule has 2 rings (SSSR count). The van der Waals surface area contributed by atoms with Gasteiger partial charge in [0.15, 0.2) is 0 Å². The second-order valence-corrected chi connectivity index (χ2v) is 5.51. The fraction of sp³-hybridized carbons (Fsp3) is 0.571. The number of hydrogen-bond donors (Lipinski definition) is 2. The van der Waals surface area contributed by atoms with Gasteiger partial charge >= 0.3 is 6.61 Å². The van der Waals surface area contributed by atoms with Crippen molar-refractivity contribution in [1.82, 2.24) is 5.32 Å². The molecule has 20 heavy (non-hydrogen) atoms. The zero-order valence-electron chi connectivity index (χ0n) is 11.3. The number of hydrogen-bond acceptors (Lipinski definition) is 3. The van der Waals surface area contributed by atoms with Gasteiger partial charge in [-0.3, -0.25) is 0 Å². The van der Waals surface area contributed by atoms with Crippen LogP contribution in [0.1, 0.15) is 26.2 Å². The Labute approximate surface area is 122 Å². The van der Waals surface area contributed by atoms with Crippen LogP contribution in [-0.2, 0) is 0 Å². The lowest BCUT2D eigenvalue weighted by Gasteiger charge is -2.20. The molecule has 1 fully saturated rings. The summed E-state index contributed by atoms with van der Waals surface area (Å²) in [5, 5.41) is 6.95. The standard InChI is InChI=1S/C14H19ClF2N2O/c1-9(7-10-3-2-6-18-10)19-11-4-5-13(12(15)8-11)20-14(16)17/h4-5,8-10,14,18-19H,2-3,6-7H2,1H3. The Kier molecular flexibility index (Phi) is 5.43. The van der Waals surface area contributed by atoms with E-state index in [4.69, 9.17) is 11.6 Å². The summed E-state index contributed by atoms with van der Waals surface area (Å²) in [4.78, 5) is 0. The number of ether oxygens (including phenoxy) is 1. The molecule has 1 aromatic rings. The maximum absolute atomic E-state index is 12.1. The van der Waals surface area contributed by atoms with Crippen molar-refractivity contribution in [3.05, 3.63) is 23.2 Å². The van der Waals surface area contributed by atoms with Crippen molar-refractivity contribution in [2.75, 3.05) is 11.9 Å². The molecule has 1 aliphatic rings. The minimum atomic E-state index is -2.86. The minimum Gasteiger partial charge on any atom is -0.433 e. The van der Waals surface area contributed by atoms with E-state index in [1.165, 1.54) is 18.9 Å². The molecule has 0 bridgehead atoms. The third kappa shape index (κ3) is 4.49. The Bertz CT molecular complexity index is 439. The molecule has 1 aromatic carbocycles. The number of anilines is 1. The van der Waals surface area contributed by atoms with Gasteiger partial charge in [-0.2, -0.15) is 8.78 Å². The first-order chi connectivity index (χ1) is 9.54. The quantitative estimate of drug-likeness (QED) is 0.836. The Balaban J connectivity index is 1.90. The molecule has 0 amide bonds. The number of benzene rings is 1. The van der Waals surface area contributed by atoms with Gasteiger partial charge < -0.3 is 15.4 Å². The zero-order chi connectivity index (χ0) is 14.5. The summed E-state index contributed by atoms with van der Waals surface area (Å²) in [6, 6.07) is 5.59. The highest BCUT2D eigenvalue weighted by molar-refractivity contribution is 6.32. The normalized spacial score (nSPS) is 20.1. The van der Waals surface area contributed by atoms with Crippen molar-refractivity contribution in [1.29, 1.82) is 0 Å². The molecule has 0 aliphatic carbocycles. The van der Waals surface area contributed by atoms with Crippen molar-refractivity contribution in [2.45, 2.75) is 44.9 Å². The molecule has 2 atom stereocenters. The number of rotatable bonds is 6. The SMILES string of the molecule is CC(CC1CCCN1)Nc1ccc(OC(F)F)c(Cl)c1. The van der Waals surface area contributed by atoms with Crippen LogP contribution in [0.4, 0.5) is 14.5 Å². The van der Waals surface area contributed by atoms with Crippen LogP contribution in [0, 0.1) is 0 Å². The molecule has 0 aromatic heterocycles. The second-order valence-electron chi connectivity index (χ2n) is 5.10. The molecule has 1 heterocycles. The summed E-state index contributed by atoms with van der Waals surface area (Å²) in [5.74, 6) is -0.00247. The smallest absolute Gasteiger partial charge is 0.387 e. The van der Waals surface area contributed by atoms with Gasteiger partial charge in [0.2, 0.25) is 0 Å². The highest BCUT2D eigenvalue weighted by Gasteiger charge is 2.17. The predicted octanol–water partition coefficient (Wildman–Crippen LogP) is 3.88. The summed E-state index contributed by atoms with van der Waals surface area (Å²) in [6.07, 6.45) is 3.45. The first-order valence-electron chi connectivity index (χ1n) is 6.79. The largest absolute Gasteiger partial charge is 0.433 e.